The first kappa shape index (κ1) is 10.4. The van der Waals surface area contributed by atoms with Crippen LogP contribution in [-0.4, -0.2) is 4.98 Å². The number of nitrogens with two attached hydrogens (primary N) is 1. The Kier molecular flexibility index (Phi) is 2.72. The molecule has 0 fully saturated rings. The fourth-order valence-corrected chi connectivity index (χ4v) is 1.36. The number of benzene rings is 1. The molecule has 82 valence electrons. The van der Waals surface area contributed by atoms with Crippen LogP contribution in [0.4, 0.5) is 21.6 Å². The SMILES string of the molecule is Cc1ccnc(Nc2ccccc2F)c1N. The van der Waals surface area contributed by atoms with Crippen molar-refractivity contribution in [3.63, 3.8) is 0 Å². The van der Waals surface area contributed by atoms with Crippen LogP contribution in [-0.2, 0) is 0 Å². The molecule has 2 aromatic rings. The maximum absolute atomic E-state index is 13.4. The molecule has 2 rings (SSSR count). The molecule has 0 bridgehead atoms. The van der Waals surface area contributed by atoms with Gasteiger partial charge in [-0.05, 0) is 30.7 Å². The quantitative estimate of drug-likeness (QED) is 0.813. The Balaban J connectivity index is 2.35. The Labute approximate surface area is 93.1 Å². The maximum atomic E-state index is 13.4. The number of halogens is 1. The molecule has 0 amide bonds. The van der Waals surface area contributed by atoms with Gasteiger partial charge in [0.2, 0.25) is 0 Å². The number of rotatable bonds is 2. The van der Waals surface area contributed by atoms with E-state index in [4.69, 9.17) is 5.73 Å². The second-order valence-corrected chi connectivity index (χ2v) is 3.49. The molecular weight excluding hydrogens is 205 g/mol. The highest BCUT2D eigenvalue weighted by molar-refractivity contribution is 5.71. The van der Waals surface area contributed by atoms with Crippen LogP contribution in [0.25, 0.3) is 0 Å². The van der Waals surface area contributed by atoms with E-state index in [-0.39, 0.29) is 5.82 Å². The van der Waals surface area contributed by atoms with Crippen molar-refractivity contribution in [2.24, 2.45) is 0 Å². The third-order valence-corrected chi connectivity index (χ3v) is 2.34. The van der Waals surface area contributed by atoms with Crippen molar-refractivity contribution >= 4 is 17.2 Å². The van der Waals surface area contributed by atoms with E-state index >= 15 is 0 Å². The minimum absolute atomic E-state index is 0.329. The van der Waals surface area contributed by atoms with Gasteiger partial charge in [0.15, 0.2) is 5.82 Å². The molecule has 0 aliphatic rings. The number of para-hydroxylation sites is 1. The monoisotopic (exact) mass is 217 g/mol. The summed E-state index contributed by atoms with van der Waals surface area (Å²) in [6.07, 6.45) is 1.63. The molecule has 4 heteroatoms. The summed E-state index contributed by atoms with van der Waals surface area (Å²) in [5.74, 6) is 0.148. The molecule has 1 aromatic heterocycles. The van der Waals surface area contributed by atoms with Crippen molar-refractivity contribution in [1.82, 2.24) is 4.98 Å². The standard InChI is InChI=1S/C12H12FN3/c1-8-6-7-15-12(11(8)14)16-10-5-3-2-4-9(10)13/h2-7H,14H2,1H3,(H,15,16). The predicted octanol–water partition coefficient (Wildman–Crippen LogP) is 2.85. The Bertz CT molecular complexity index is 511. The fraction of sp³-hybridized carbons (Fsp3) is 0.0833. The Morgan fingerprint density at radius 1 is 1.25 bits per heavy atom. The first-order valence-corrected chi connectivity index (χ1v) is 4.91. The predicted molar refractivity (Wildman–Crippen MR) is 63.1 cm³/mol. The van der Waals surface area contributed by atoms with Gasteiger partial charge in [0.1, 0.15) is 5.82 Å². The molecule has 0 spiro atoms. The van der Waals surface area contributed by atoms with Crippen LogP contribution in [0.3, 0.4) is 0 Å². The molecule has 1 heterocycles. The largest absolute Gasteiger partial charge is 0.396 e. The fourth-order valence-electron chi connectivity index (χ4n) is 1.36. The smallest absolute Gasteiger partial charge is 0.153 e. The lowest BCUT2D eigenvalue weighted by Crippen LogP contribution is -2.01. The molecule has 0 unspecified atom stereocenters. The minimum Gasteiger partial charge on any atom is -0.396 e. The van der Waals surface area contributed by atoms with Gasteiger partial charge in [-0.3, -0.25) is 0 Å². The summed E-state index contributed by atoms with van der Waals surface area (Å²) in [6.45, 7) is 1.88. The molecule has 16 heavy (non-hydrogen) atoms. The molecule has 3 N–H and O–H groups in total. The van der Waals surface area contributed by atoms with Gasteiger partial charge >= 0.3 is 0 Å². The number of nitrogens with zero attached hydrogens (tertiary/aromatic N) is 1. The first-order valence-electron chi connectivity index (χ1n) is 4.91. The topological polar surface area (TPSA) is 50.9 Å². The normalized spacial score (nSPS) is 10.1. The van der Waals surface area contributed by atoms with E-state index in [9.17, 15) is 4.39 Å². The van der Waals surface area contributed by atoms with Crippen LogP contribution in [0.2, 0.25) is 0 Å². The van der Waals surface area contributed by atoms with Crippen LogP contribution >= 0.6 is 0 Å². The Morgan fingerprint density at radius 3 is 2.75 bits per heavy atom. The molecule has 3 nitrogen and oxygen atoms in total. The van der Waals surface area contributed by atoms with Gasteiger partial charge < -0.3 is 11.1 Å². The highest BCUT2D eigenvalue weighted by Gasteiger charge is 2.06. The number of aryl methyl sites for hydroxylation is 1. The van der Waals surface area contributed by atoms with Crippen molar-refractivity contribution in [3.8, 4) is 0 Å². The van der Waals surface area contributed by atoms with Crippen LogP contribution < -0.4 is 11.1 Å². The van der Waals surface area contributed by atoms with Crippen molar-refractivity contribution in [3.05, 3.63) is 47.9 Å². The Hall–Kier alpha value is -2.10. The van der Waals surface area contributed by atoms with Gasteiger partial charge in [0, 0.05) is 6.20 Å². The third kappa shape index (κ3) is 1.95. The van der Waals surface area contributed by atoms with Crippen LogP contribution in [0.5, 0.6) is 0 Å². The van der Waals surface area contributed by atoms with E-state index in [2.05, 4.69) is 10.3 Å². The van der Waals surface area contributed by atoms with Crippen molar-refractivity contribution in [2.75, 3.05) is 11.1 Å². The first-order chi connectivity index (χ1) is 7.68. The van der Waals surface area contributed by atoms with Crippen LogP contribution in [0.1, 0.15) is 5.56 Å². The van der Waals surface area contributed by atoms with Crippen molar-refractivity contribution in [2.45, 2.75) is 6.92 Å². The highest BCUT2D eigenvalue weighted by atomic mass is 19.1. The number of hydrogen-bond acceptors (Lipinski definition) is 3. The number of pyridine rings is 1. The molecule has 1 aromatic carbocycles. The van der Waals surface area contributed by atoms with E-state index in [1.807, 2.05) is 13.0 Å². The van der Waals surface area contributed by atoms with Crippen LogP contribution in [0, 0.1) is 12.7 Å². The van der Waals surface area contributed by atoms with Gasteiger partial charge in [-0.25, -0.2) is 9.37 Å². The van der Waals surface area contributed by atoms with E-state index in [1.165, 1.54) is 6.07 Å². The second-order valence-electron chi connectivity index (χ2n) is 3.49. The molecule has 0 aliphatic heterocycles. The number of nitrogens with one attached hydrogen (secondary N) is 1. The Morgan fingerprint density at radius 2 is 2.00 bits per heavy atom. The minimum atomic E-state index is -0.329. The zero-order valence-corrected chi connectivity index (χ0v) is 8.87. The van der Waals surface area contributed by atoms with Crippen LogP contribution in [0.15, 0.2) is 36.5 Å². The lowest BCUT2D eigenvalue weighted by Gasteiger charge is -2.10. The molecule has 0 atom stereocenters. The van der Waals surface area contributed by atoms with Gasteiger partial charge in [-0.1, -0.05) is 12.1 Å². The summed E-state index contributed by atoms with van der Waals surface area (Å²) >= 11 is 0. The van der Waals surface area contributed by atoms with Gasteiger partial charge in [0.05, 0.1) is 11.4 Å². The van der Waals surface area contributed by atoms with E-state index in [0.29, 0.717) is 17.2 Å². The molecule has 0 aliphatic carbocycles. The summed E-state index contributed by atoms with van der Waals surface area (Å²) < 4.78 is 13.4. The zero-order chi connectivity index (χ0) is 11.5. The van der Waals surface area contributed by atoms with Gasteiger partial charge in [-0.15, -0.1) is 0 Å². The average molecular weight is 217 g/mol. The summed E-state index contributed by atoms with van der Waals surface area (Å²) in [4.78, 5) is 4.07. The average Bonchev–Trinajstić information content (AvgIpc) is 2.28. The molecule has 0 radical (unpaired) electrons. The zero-order valence-electron chi connectivity index (χ0n) is 8.87. The summed E-state index contributed by atoms with van der Waals surface area (Å²) in [6, 6.07) is 8.21. The van der Waals surface area contributed by atoms with Gasteiger partial charge in [-0.2, -0.15) is 0 Å². The van der Waals surface area contributed by atoms with E-state index in [0.717, 1.165) is 5.56 Å². The second kappa shape index (κ2) is 4.18. The number of anilines is 3. The summed E-state index contributed by atoms with van der Waals surface area (Å²) in [5, 5.41) is 2.87. The lowest BCUT2D eigenvalue weighted by atomic mass is 10.2. The highest BCUT2D eigenvalue weighted by Crippen LogP contribution is 2.24. The molecule has 0 saturated carbocycles. The summed E-state index contributed by atoms with van der Waals surface area (Å²) in [7, 11) is 0. The van der Waals surface area contributed by atoms with Gasteiger partial charge in [0.25, 0.3) is 0 Å². The molecular formula is C12H12FN3. The molecule has 0 saturated heterocycles. The number of nitrogen functional groups attached to an aromatic ring is 1. The number of aromatic nitrogens is 1. The van der Waals surface area contributed by atoms with E-state index in [1.54, 1.807) is 24.4 Å². The number of hydrogen-bond donors (Lipinski definition) is 2. The lowest BCUT2D eigenvalue weighted by molar-refractivity contribution is 0.632. The third-order valence-electron chi connectivity index (χ3n) is 2.34. The van der Waals surface area contributed by atoms with E-state index < -0.39 is 0 Å². The summed E-state index contributed by atoms with van der Waals surface area (Å²) in [5.41, 5.74) is 7.64. The van der Waals surface area contributed by atoms with Crippen molar-refractivity contribution in [1.29, 1.82) is 0 Å². The maximum Gasteiger partial charge on any atom is 0.153 e. The van der Waals surface area contributed by atoms with Crippen molar-refractivity contribution < 1.29 is 4.39 Å².